The minimum Gasteiger partial charge on any atom is -0.491 e. The molecule has 1 saturated heterocycles. The molecular formula is C29H31N3O3. The van der Waals surface area contributed by atoms with Gasteiger partial charge in [-0.05, 0) is 48.2 Å². The number of aliphatic hydroxyl groups excluding tert-OH is 1. The number of oxazole rings is 1. The van der Waals surface area contributed by atoms with Gasteiger partial charge in [-0.2, -0.15) is 0 Å². The monoisotopic (exact) mass is 469 g/mol. The molecule has 0 radical (unpaired) electrons. The van der Waals surface area contributed by atoms with Crippen LogP contribution in [-0.2, 0) is 6.42 Å². The summed E-state index contributed by atoms with van der Waals surface area (Å²) < 4.78 is 11.8. The lowest BCUT2D eigenvalue weighted by Gasteiger charge is -2.39. The molecule has 0 bridgehead atoms. The fraction of sp³-hybridized carbons (Fsp3) is 0.345. The molecule has 1 fully saturated rings. The smallest absolute Gasteiger partial charge is 0.227 e. The Kier molecular flexibility index (Phi) is 6.25. The molecule has 1 aliphatic carbocycles. The minimum atomic E-state index is -0.540. The van der Waals surface area contributed by atoms with Gasteiger partial charge in [0.25, 0.3) is 0 Å². The fourth-order valence-electron chi connectivity index (χ4n) is 5.42. The Hall–Kier alpha value is -3.19. The highest BCUT2D eigenvalue weighted by molar-refractivity contribution is 5.77. The number of aromatic nitrogens is 1. The van der Waals surface area contributed by atoms with Crippen molar-refractivity contribution in [1.29, 1.82) is 0 Å². The molecule has 4 aromatic rings. The molecule has 0 amide bonds. The number of rotatable bonds is 7. The van der Waals surface area contributed by atoms with E-state index in [1.807, 2.05) is 48.5 Å². The second kappa shape index (κ2) is 9.82. The summed E-state index contributed by atoms with van der Waals surface area (Å²) in [6.45, 7) is 4.91. The van der Waals surface area contributed by atoms with Gasteiger partial charge >= 0.3 is 0 Å². The number of nitrogens with zero attached hydrogens (tertiary/aromatic N) is 3. The Balaban J connectivity index is 0.999. The number of aryl methyl sites for hydroxylation is 1. The number of piperazine rings is 1. The van der Waals surface area contributed by atoms with Crippen molar-refractivity contribution in [3.05, 3.63) is 83.9 Å². The van der Waals surface area contributed by atoms with Crippen molar-refractivity contribution in [3.63, 3.8) is 0 Å². The first-order valence-corrected chi connectivity index (χ1v) is 12.5. The highest BCUT2D eigenvalue weighted by Crippen LogP contribution is 2.36. The van der Waals surface area contributed by atoms with Gasteiger partial charge in [-0.3, -0.25) is 9.80 Å². The van der Waals surface area contributed by atoms with E-state index in [9.17, 15) is 5.11 Å². The van der Waals surface area contributed by atoms with E-state index in [0.717, 1.165) is 42.8 Å². The molecule has 0 saturated carbocycles. The summed E-state index contributed by atoms with van der Waals surface area (Å²) in [5.74, 6) is 1.28. The fourth-order valence-corrected chi connectivity index (χ4v) is 5.42. The maximum Gasteiger partial charge on any atom is 0.227 e. The van der Waals surface area contributed by atoms with Gasteiger partial charge in [-0.25, -0.2) is 4.98 Å². The quantitative estimate of drug-likeness (QED) is 0.429. The summed E-state index contributed by atoms with van der Waals surface area (Å²) in [4.78, 5) is 9.55. The lowest BCUT2D eigenvalue weighted by molar-refractivity contribution is 0.0362. The molecule has 2 atom stereocenters. The van der Waals surface area contributed by atoms with Crippen LogP contribution in [0.15, 0.2) is 77.2 Å². The molecule has 1 aromatic heterocycles. The predicted octanol–water partition coefficient (Wildman–Crippen LogP) is 4.54. The number of β-amino-alcohol motifs (C(OH)–C–C–N with tert-alkyl or cyclic N) is 1. The molecule has 1 N–H and O–H groups in total. The van der Waals surface area contributed by atoms with Crippen molar-refractivity contribution in [3.8, 4) is 17.2 Å². The molecule has 6 nitrogen and oxygen atoms in total. The van der Waals surface area contributed by atoms with Gasteiger partial charge in [0.1, 0.15) is 24.0 Å². The van der Waals surface area contributed by atoms with Crippen LogP contribution in [0.25, 0.3) is 22.6 Å². The summed E-state index contributed by atoms with van der Waals surface area (Å²) >= 11 is 0. The maximum atomic E-state index is 10.6. The van der Waals surface area contributed by atoms with E-state index >= 15 is 0 Å². The average molecular weight is 470 g/mol. The van der Waals surface area contributed by atoms with Gasteiger partial charge < -0.3 is 14.3 Å². The number of hydrogen-bond acceptors (Lipinski definition) is 6. The number of aliphatic hydroxyl groups is 1. The summed E-state index contributed by atoms with van der Waals surface area (Å²) in [7, 11) is 0. The Labute approximate surface area is 205 Å². The van der Waals surface area contributed by atoms with Crippen molar-refractivity contribution in [2.75, 3.05) is 39.3 Å². The van der Waals surface area contributed by atoms with E-state index in [-0.39, 0.29) is 6.61 Å². The lowest BCUT2D eigenvalue weighted by Crippen LogP contribution is -2.49. The Morgan fingerprint density at radius 2 is 1.77 bits per heavy atom. The molecule has 2 heterocycles. The third-order valence-electron chi connectivity index (χ3n) is 7.24. The first-order valence-electron chi connectivity index (χ1n) is 12.5. The highest BCUT2D eigenvalue weighted by Gasteiger charge is 2.30. The van der Waals surface area contributed by atoms with Crippen LogP contribution in [0.4, 0.5) is 0 Å². The van der Waals surface area contributed by atoms with E-state index < -0.39 is 6.10 Å². The van der Waals surface area contributed by atoms with E-state index in [4.69, 9.17) is 9.15 Å². The summed E-state index contributed by atoms with van der Waals surface area (Å²) in [5.41, 5.74) is 5.43. The van der Waals surface area contributed by atoms with Crippen LogP contribution < -0.4 is 4.74 Å². The maximum absolute atomic E-state index is 10.6. The van der Waals surface area contributed by atoms with Crippen LogP contribution in [0.1, 0.15) is 23.6 Å². The van der Waals surface area contributed by atoms with Gasteiger partial charge in [0.2, 0.25) is 5.89 Å². The average Bonchev–Trinajstić information content (AvgIpc) is 3.53. The van der Waals surface area contributed by atoms with Gasteiger partial charge in [0.05, 0.1) is 0 Å². The first kappa shape index (κ1) is 22.3. The van der Waals surface area contributed by atoms with E-state index in [1.165, 1.54) is 24.0 Å². The van der Waals surface area contributed by atoms with Crippen LogP contribution in [-0.4, -0.2) is 65.3 Å². The molecule has 0 unspecified atom stereocenters. The largest absolute Gasteiger partial charge is 0.491 e. The van der Waals surface area contributed by atoms with Crippen LogP contribution >= 0.6 is 0 Å². The highest BCUT2D eigenvalue weighted by atomic mass is 16.5. The zero-order valence-electron chi connectivity index (χ0n) is 19.8. The van der Waals surface area contributed by atoms with Crippen LogP contribution in [0.2, 0.25) is 0 Å². The molecule has 0 spiro atoms. The second-order valence-corrected chi connectivity index (χ2v) is 9.57. The number of ether oxygens (including phenoxy) is 1. The topological polar surface area (TPSA) is 62.0 Å². The Morgan fingerprint density at radius 3 is 2.63 bits per heavy atom. The zero-order chi connectivity index (χ0) is 23.6. The molecule has 180 valence electrons. The SMILES string of the molecule is O[C@@H](COc1ccc2oc(-c3ccccc3)nc2c1)CN1CCN([C@@H]2CCc3ccccc32)CC1. The van der Waals surface area contributed by atoms with Crippen molar-refractivity contribution in [2.45, 2.75) is 25.0 Å². The Morgan fingerprint density at radius 1 is 0.971 bits per heavy atom. The molecule has 1 aliphatic heterocycles. The van der Waals surface area contributed by atoms with Gasteiger partial charge in [0.15, 0.2) is 5.58 Å². The minimum absolute atomic E-state index is 0.255. The molecule has 6 rings (SSSR count). The van der Waals surface area contributed by atoms with Crippen molar-refractivity contribution in [2.24, 2.45) is 0 Å². The Bertz CT molecular complexity index is 1280. The molecule has 3 aromatic carbocycles. The van der Waals surface area contributed by atoms with Gasteiger partial charge in [-0.1, -0.05) is 42.5 Å². The van der Waals surface area contributed by atoms with Crippen LogP contribution in [0, 0.1) is 0 Å². The molecule has 2 aliphatic rings. The zero-order valence-corrected chi connectivity index (χ0v) is 19.8. The molecule has 35 heavy (non-hydrogen) atoms. The van der Waals surface area contributed by atoms with Crippen molar-refractivity contribution >= 4 is 11.1 Å². The van der Waals surface area contributed by atoms with Crippen molar-refractivity contribution in [1.82, 2.24) is 14.8 Å². The summed E-state index contributed by atoms with van der Waals surface area (Å²) in [6.07, 6.45) is 1.87. The van der Waals surface area contributed by atoms with Gasteiger partial charge in [0, 0.05) is 50.4 Å². The lowest BCUT2D eigenvalue weighted by atomic mass is 10.1. The van der Waals surface area contributed by atoms with E-state index in [1.54, 1.807) is 0 Å². The predicted molar refractivity (Wildman–Crippen MR) is 136 cm³/mol. The second-order valence-electron chi connectivity index (χ2n) is 9.57. The molecule has 6 heteroatoms. The third-order valence-corrected chi connectivity index (χ3v) is 7.24. The summed E-state index contributed by atoms with van der Waals surface area (Å²) in [5, 5.41) is 10.6. The number of benzene rings is 3. The standard InChI is InChI=1S/C29H31N3O3/c33-23(19-31-14-16-32(17-15-31)27-12-10-21-6-4-5-9-25(21)27)20-34-24-11-13-28-26(18-24)30-29(35-28)22-7-2-1-3-8-22/h1-9,11,13,18,23,27,33H,10,12,14-17,19-20H2/t23-,27-/m1/s1. The third kappa shape index (κ3) is 4.82. The molecular weight excluding hydrogens is 438 g/mol. The number of hydrogen-bond donors (Lipinski definition) is 1. The van der Waals surface area contributed by atoms with Crippen LogP contribution in [0.5, 0.6) is 5.75 Å². The van der Waals surface area contributed by atoms with E-state index in [0.29, 0.717) is 24.2 Å². The van der Waals surface area contributed by atoms with Gasteiger partial charge in [-0.15, -0.1) is 0 Å². The first-order chi connectivity index (χ1) is 17.2. The van der Waals surface area contributed by atoms with E-state index in [2.05, 4.69) is 39.0 Å². The van der Waals surface area contributed by atoms with Crippen molar-refractivity contribution < 1.29 is 14.3 Å². The number of fused-ring (bicyclic) bond motifs is 2. The normalized spacial score (nSPS) is 19.6. The summed E-state index contributed by atoms with van der Waals surface area (Å²) in [6, 6.07) is 24.9. The van der Waals surface area contributed by atoms with Crippen LogP contribution in [0.3, 0.4) is 0 Å².